The SMILES string of the molecule is CC(C)(C)[C@@H](N)C(=O)Nc1c(F)cc(F)cc1F. The summed E-state index contributed by atoms with van der Waals surface area (Å²) in [6.45, 7) is 5.15. The number of carbonyl (C=O) groups is 1. The third-order valence-corrected chi connectivity index (χ3v) is 2.47. The molecule has 0 aliphatic rings. The molecule has 3 N–H and O–H groups in total. The van der Waals surface area contributed by atoms with Crippen LogP contribution in [-0.4, -0.2) is 11.9 Å². The highest BCUT2D eigenvalue weighted by Crippen LogP contribution is 2.23. The van der Waals surface area contributed by atoms with Crippen molar-refractivity contribution < 1.29 is 18.0 Å². The van der Waals surface area contributed by atoms with Gasteiger partial charge in [-0.1, -0.05) is 20.8 Å². The summed E-state index contributed by atoms with van der Waals surface area (Å²) in [6, 6.07) is 0.0316. The van der Waals surface area contributed by atoms with Crippen LogP contribution in [-0.2, 0) is 4.79 Å². The van der Waals surface area contributed by atoms with Crippen LogP contribution in [0.25, 0.3) is 0 Å². The standard InChI is InChI=1S/C12H15F3N2O/c1-12(2,3)10(16)11(18)17-9-7(14)4-6(13)5-8(9)15/h4-5,10H,16H2,1-3H3,(H,17,18)/t10-/m0/s1. The van der Waals surface area contributed by atoms with Crippen molar-refractivity contribution in [1.29, 1.82) is 0 Å². The molecule has 0 spiro atoms. The van der Waals surface area contributed by atoms with Gasteiger partial charge in [0.2, 0.25) is 5.91 Å². The van der Waals surface area contributed by atoms with Gasteiger partial charge in [-0.3, -0.25) is 4.79 Å². The lowest BCUT2D eigenvalue weighted by atomic mass is 9.87. The van der Waals surface area contributed by atoms with Crippen LogP contribution in [0, 0.1) is 22.9 Å². The summed E-state index contributed by atoms with van der Waals surface area (Å²) in [5.41, 5.74) is 4.39. The molecule has 100 valence electrons. The third-order valence-electron chi connectivity index (χ3n) is 2.47. The van der Waals surface area contributed by atoms with E-state index in [2.05, 4.69) is 0 Å². The number of amides is 1. The van der Waals surface area contributed by atoms with E-state index in [9.17, 15) is 18.0 Å². The van der Waals surface area contributed by atoms with Crippen LogP contribution in [0.3, 0.4) is 0 Å². The highest BCUT2D eigenvalue weighted by molar-refractivity contribution is 5.95. The summed E-state index contributed by atoms with van der Waals surface area (Å²) in [5, 5.41) is 2.03. The smallest absolute Gasteiger partial charge is 0.241 e. The van der Waals surface area contributed by atoms with Crippen LogP contribution in [0.1, 0.15) is 20.8 Å². The monoisotopic (exact) mass is 260 g/mol. The predicted octanol–water partition coefficient (Wildman–Crippen LogP) is 2.42. The Morgan fingerprint density at radius 2 is 1.67 bits per heavy atom. The molecule has 0 fully saturated rings. The van der Waals surface area contributed by atoms with Gasteiger partial charge < -0.3 is 11.1 Å². The van der Waals surface area contributed by atoms with Gasteiger partial charge in [0.25, 0.3) is 0 Å². The van der Waals surface area contributed by atoms with Crippen molar-refractivity contribution in [3.8, 4) is 0 Å². The number of anilines is 1. The van der Waals surface area contributed by atoms with Crippen LogP contribution in [0.15, 0.2) is 12.1 Å². The molecule has 0 saturated heterocycles. The first-order chi connectivity index (χ1) is 8.12. The summed E-state index contributed by atoms with van der Waals surface area (Å²) in [7, 11) is 0. The number of hydrogen-bond donors (Lipinski definition) is 2. The summed E-state index contributed by atoms with van der Waals surface area (Å²) in [6.07, 6.45) is 0. The number of nitrogens with two attached hydrogens (primary N) is 1. The van der Waals surface area contributed by atoms with E-state index in [-0.39, 0.29) is 0 Å². The van der Waals surface area contributed by atoms with Crippen molar-refractivity contribution in [3.05, 3.63) is 29.6 Å². The van der Waals surface area contributed by atoms with Crippen molar-refractivity contribution >= 4 is 11.6 Å². The lowest BCUT2D eigenvalue weighted by molar-refractivity contribution is -0.119. The number of carbonyl (C=O) groups excluding carboxylic acids is 1. The number of benzene rings is 1. The zero-order valence-electron chi connectivity index (χ0n) is 10.4. The first-order valence-electron chi connectivity index (χ1n) is 5.34. The molecule has 0 heterocycles. The van der Waals surface area contributed by atoms with Gasteiger partial charge in [-0.2, -0.15) is 0 Å². The Labute approximate surface area is 103 Å². The molecule has 1 aromatic carbocycles. The lowest BCUT2D eigenvalue weighted by Gasteiger charge is -2.25. The molecule has 18 heavy (non-hydrogen) atoms. The highest BCUT2D eigenvalue weighted by Gasteiger charge is 2.28. The van der Waals surface area contributed by atoms with Gasteiger partial charge in [0, 0.05) is 12.1 Å². The quantitative estimate of drug-likeness (QED) is 0.858. The zero-order valence-corrected chi connectivity index (χ0v) is 10.4. The maximum Gasteiger partial charge on any atom is 0.241 e. The molecule has 0 radical (unpaired) electrons. The minimum atomic E-state index is -1.18. The van der Waals surface area contributed by atoms with Gasteiger partial charge in [0.1, 0.15) is 11.5 Å². The molecular weight excluding hydrogens is 245 g/mol. The van der Waals surface area contributed by atoms with Gasteiger partial charge in [-0.05, 0) is 5.41 Å². The highest BCUT2D eigenvalue weighted by atomic mass is 19.1. The minimum Gasteiger partial charge on any atom is -0.320 e. The maximum atomic E-state index is 13.3. The maximum absolute atomic E-state index is 13.3. The summed E-state index contributed by atoms with van der Waals surface area (Å²) in [5.74, 6) is -4.14. The first-order valence-corrected chi connectivity index (χ1v) is 5.34. The van der Waals surface area contributed by atoms with Crippen LogP contribution >= 0.6 is 0 Å². The van der Waals surface area contributed by atoms with Crippen LogP contribution in [0.2, 0.25) is 0 Å². The average Bonchev–Trinajstić information content (AvgIpc) is 2.20. The van der Waals surface area contributed by atoms with Gasteiger partial charge >= 0.3 is 0 Å². The number of halogens is 3. The molecule has 1 aromatic rings. The fraction of sp³-hybridized carbons (Fsp3) is 0.417. The largest absolute Gasteiger partial charge is 0.320 e. The predicted molar refractivity (Wildman–Crippen MR) is 62.4 cm³/mol. The Bertz CT molecular complexity index is 446. The van der Waals surface area contributed by atoms with Crippen molar-refractivity contribution in [2.24, 2.45) is 11.1 Å². The van der Waals surface area contributed by atoms with E-state index in [1.165, 1.54) is 0 Å². The Hall–Kier alpha value is -1.56. The molecule has 0 saturated carbocycles. The molecule has 3 nitrogen and oxygen atoms in total. The summed E-state index contributed by atoms with van der Waals surface area (Å²) < 4.78 is 39.3. The van der Waals surface area contributed by atoms with E-state index in [1.807, 2.05) is 5.32 Å². The minimum absolute atomic E-state index is 0.487. The molecule has 1 rings (SSSR count). The summed E-state index contributed by atoms with van der Waals surface area (Å²) in [4.78, 5) is 11.7. The second-order valence-electron chi connectivity index (χ2n) is 5.08. The number of hydrogen-bond acceptors (Lipinski definition) is 2. The van der Waals surface area contributed by atoms with Crippen molar-refractivity contribution in [2.75, 3.05) is 5.32 Å². The second kappa shape index (κ2) is 4.97. The van der Waals surface area contributed by atoms with Gasteiger partial charge in [0.05, 0.1) is 6.04 Å². The Kier molecular flexibility index (Phi) is 4.01. The Balaban J connectivity index is 2.96. The van der Waals surface area contributed by atoms with E-state index < -0.39 is 40.5 Å². The van der Waals surface area contributed by atoms with Crippen molar-refractivity contribution in [2.45, 2.75) is 26.8 Å². The van der Waals surface area contributed by atoms with E-state index >= 15 is 0 Å². The van der Waals surface area contributed by atoms with Crippen LogP contribution < -0.4 is 11.1 Å². The molecule has 1 atom stereocenters. The second-order valence-corrected chi connectivity index (χ2v) is 5.08. The Morgan fingerprint density at radius 1 is 1.22 bits per heavy atom. The van der Waals surface area contributed by atoms with Crippen LogP contribution in [0.5, 0.6) is 0 Å². The van der Waals surface area contributed by atoms with Crippen molar-refractivity contribution in [3.63, 3.8) is 0 Å². The van der Waals surface area contributed by atoms with Gasteiger partial charge in [-0.15, -0.1) is 0 Å². The Morgan fingerprint density at radius 3 is 2.06 bits per heavy atom. The van der Waals surface area contributed by atoms with Gasteiger partial charge in [-0.25, -0.2) is 13.2 Å². The topological polar surface area (TPSA) is 55.1 Å². The molecule has 0 aliphatic carbocycles. The van der Waals surface area contributed by atoms with Crippen molar-refractivity contribution in [1.82, 2.24) is 0 Å². The molecule has 1 amide bonds. The molecular formula is C12H15F3N2O. The molecule has 0 aliphatic heterocycles. The average molecular weight is 260 g/mol. The lowest BCUT2D eigenvalue weighted by Crippen LogP contribution is -2.45. The van der Waals surface area contributed by atoms with E-state index in [0.717, 1.165) is 0 Å². The van der Waals surface area contributed by atoms with E-state index in [0.29, 0.717) is 12.1 Å². The van der Waals surface area contributed by atoms with Gasteiger partial charge in [0.15, 0.2) is 11.6 Å². The van der Waals surface area contributed by atoms with E-state index in [4.69, 9.17) is 5.73 Å². The first kappa shape index (κ1) is 14.5. The van der Waals surface area contributed by atoms with Crippen LogP contribution in [0.4, 0.5) is 18.9 Å². The molecule has 6 heteroatoms. The zero-order chi connectivity index (χ0) is 14.1. The normalized spacial score (nSPS) is 13.3. The third kappa shape index (κ3) is 3.22. The fourth-order valence-electron chi connectivity index (χ4n) is 1.26. The summed E-state index contributed by atoms with van der Waals surface area (Å²) >= 11 is 0. The number of rotatable bonds is 2. The molecule has 0 aromatic heterocycles. The fourth-order valence-corrected chi connectivity index (χ4v) is 1.26. The molecule has 0 bridgehead atoms. The molecule has 0 unspecified atom stereocenters. The number of nitrogens with one attached hydrogen (secondary N) is 1. The van der Waals surface area contributed by atoms with E-state index in [1.54, 1.807) is 20.8 Å².